The van der Waals surface area contributed by atoms with Gasteiger partial charge in [-0.3, -0.25) is 9.69 Å². The summed E-state index contributed by atoms with van der Waals surface area (Å²) in [5.74, 6) is 1.90. The summed E-state index contributed by atoms with van der Waals surface area (Å²) < 4.78 is 18.1. The highest BCUT2D eigenvalue weighted by Gasteiger charge is 2.23. The van der Waals surface area contributed by atoms with Crippen LogP contribution in [0.3, 0.4) is 0 Å². The van der Waals surface area contributed by atoms with Crippen LogP contribution in [0, 0.1) is 0 Å². The first kappa shape index (κ1) is 26.5. The highest BCUT2D eigenvalue weighted by Crippen LogP contribution is 2.33. The normalized spacial score (nSPS) is 20.2. The molecule has 6 heteroatoms. The minimum atomic E-state index is 0.0773. The van der Waals surface area contributed by atoms with Gasteiger partial charge in [0.25, 0.3) is 0 Å². The van der Waals surface area contributed by atoms with Gasteiger partial charge in [0.05, 0.1) is 25.7 Å². The molecule has 0 aromatic heterocycles. The number of nitrogens with zero attached hydrogens (tertiary/aromatic N) is 2. The average molecular weight is 495 g/mol. The highest BCUT2D eigenvalue weighted by molar-refractivity contribution is 5.76. The van der Waals surface area contributed by atoms with Gasteiger partial charge in [0.1, 0.15) is 0 Å². The molecule has 0 aliphatic carbocycles. The molecule has 1 atom stereocenters. The number of carbonyl (C=O) groups excluding carboxylic acids is 1. The lowest BCUT2D eigenvalue weighted by molar-refractivity contribution is -0.135. The summed E-state index contributed by atoms with van der Waals surface area (Å²) in [6, 6.07) is 16.7. The van der Waals surface area contributed by atoms with E-state index in [1.165, 1.54) is 5.56 Å². The first-order valence-electron chi connectivity index (χ1n) is 13.8. The maximum Gasteiger partial charge on any atom is 0.225 e. The maximum absolute atomic E-state index is 13.3. The zero-order valence-electron chi connectivity index (χ0n) is 21.8. The maximum atomic E-state index is 13.3. The van der Waals surface area contributed by atoms with Gasteiger partial charge in [-0.1, -0.05) is 42.5 Å². The summed E-state index contributed by atoms with van der Waals surface area (Å²) in [7, 11) is 0. The topological polar surface area (TPSA) is 51.2 Å². The van der Waals surface area contributed by atoms with Crippen molar-refractivity contribution in [3.8, 4) is 11.5 Å². The van der Waals surface area contributed by atoms with Crippen LogP contribution in [0.2, 0.25) is 0 Å². The quantitative estimate of drug-likeness (QED) is 0.535. The molecule has 0 saturated carbocycles. The Hall–Kier alpha value is -2.57. The van der Waals surface area contributed by atoms with E-state index in [9.17, 15) is 4.79 Å². The number of carbonyl (C=O) groups is 1. The van der Waals surface area contributed by atoms with Crippen molar-refractivity contribution in [1.29, 1.82) is 0 Å². The van der Waals surface area contributed by atoms with E-state index in [1.807, 2.05) is 19.1 Å². The molecular formula is C30H42N2O4. The van der Waals surface area contributed by atoms with Crippen molar-refractivity contribution in [3.63, 3.8) is 0 Å². The Morgan fingerprint density at radius 1 is 0.944 bits per heavy atom. The summed E-state index contributed by atoms with van der Waals surface area (Å²) in [5.41, 5.74) is 2.39. The van der Waals surface area contributed by atoms with Crippen LogP contribution in [-0.2, 0) is 22.6 Å². The van der Waals surface area contributed by atoms with Gasteiger partial charge in [-0.15, -0.1) is 0 Å². The number of benzene rings is 2. The second kappa shape index (κ2) is 14.2. The van der Waals surface area contributed by atoms with Crippen LogP contribution in [0.15, 0.2) is 48.5 Å². The summed E-state index contributed by atoms with van der Waals surface area (Å²) in [6.07, 6.45) is 6.82. The number of hydrogen-bond donors (Lipinski definition) is 0. The largest absolute Gasteiger partial charge is 0.490 e. The smallest absolute Gasteiger partial charge is 0.225 e. The third-order valence-electron chi connectivity index (χ3n) is 7.04. The number of fused-ring (bicyclic) bond motifs is 1. The van der Waals surface area contributed by atoms with Gasteiger partial charge in [0.2, 0.25) is 5.91 Å². The van der Waals surface area contributed by atoms with Crippen molar-refractivity contribution in [2.45, 2.75) is 71.1 Å². The van der Waals surface area contributed by atoms with E-state index < -0.39 is 0 Å². The first-order chi connectivity index (χ1) is 17.7. The molecule has 36 heavy (non-hydrogen) atoms. The summed E-state index contributed by atoms with van der Waals surface area (Å²) in [6.45, 7) is 7.91. The Labute approximate surface area is 216 Å². The van der Waals surface area contributed by atoms with Crippen LogP contribution < -0.4 is 9.47 Å². The number of amides is 1. The molecule has 2 aromatic carbocycles. The van der Waals surface area contributed by atoms with Crippen molar-refractivity contribution in [2.24, 2.45) is 0 Å². The van der Waals surface area contributed by atoms with Crippen LogP contribution in [-0.4, -0.2) is 61.3 Å². The van der Waals surface area contributed by atoms with Crippen LogP contribution >= 0.6 is 0 Å². The van der Waals surface area contributed by atoms with Crippen molar-refractivity contribution in [2.75, 3.05) is 39.5 Å². The third kappa shape index (κ3) is 7.97. The molecule has 2 aromatic rings. The van der Waals surface area contributed by atoms with E-state index in [1.54, 1.807) is 0 Å². The lowest BCUT2D eigenvalue weighted by Gasteiger charge is -2.30. The van der Waals surface area contributed by atoms with Gasteiger partial charge in [-0.25, -0.2) is 0 Å². The average Bonchev–Trinajstić information content (AvgIpc) is 2.91. The van der Waals surface area contributed by atoms with Crippen molar-refractivity contribution >= 4 is 5.91 Å². The van der Waals surface area contributed by atoms with Gasteiger partial charge in [-0.2, -0.15) is 0 Å². The zero-order chi connectivity index (χ0) is 25.0. The summed E-state index contributed by atoms with van der Waals surface area (Å²) in [4.78, 5) is 17.8. The number of para-hydroxylation sites is 1. The van der Waals surface area contributed by atoms with E-state index in [0.717, 1.165) is 94.9 Å². The molecule has 2 aliphatic heterocycles. The molecule has 1 saturated heterocycles. The molecule has 2 heterocycles. The second-order valence-corrected chi connectivity index (χ2v) is 9.86. The van der Waals surface area contributed by atoms with Crippen molar-refractivity contribution < 1.29 is 19.0 Å². The Kier molecular flexibility index (Phi) is 10.5. The minimum Gasteiger partial charge on any atom is -0.490 e. The fourth-order valence-electron chi connectivity index (χ4n) is 5.09. The van der Waals surface area contributed by atoms with Crippen LogP contribution in [0.5, 0.6) is 11.5 Å². The Morgan fingerprint density at radius 3 is 2.61 bits per heavy atom. The molecule has 4 rings (SSSR count). The lowest BCUT2D eigenvalue weighted by Crippen LogP contribution is -2.40. The molecule has 0 bridgehead atoms. The Morgan fingerprint density at radius 2 is 1.81 bits per heavy atom. The molecule has 1 amide bonds. The molecule has 196 valence electrons. The van der Waals surface area contributed by atoms with Crippen LogP contribution in [0.25, 0.3) is 0 Å². The molecule has 0 spiro atoms. The predicted octanol–water partition coefficient (Wildman–Crippen LogP) is 5.44. The van der Waals surface area contributed by atoms with E-state index in [-0.39, 0.29) is 12.0 Å². The predicted molar refractivity (Wildman–Crippen MR) is 142 cm³/mol. The molecular weight excluding hydrogens is 452 g/mol. The number of hydrogen-bond acceptors (Lipinski definition) is 5. The van der Waals surface area contributed by atoms with Gasteiger partial charge in [0, 0.05) is 44.9 Å². The Bertz CT molecular complexity index is 930. The molecule has 0 radical (unpaired) electrons. The van der Waals surface area contributed by atoms with Gasteiger partial charge in [-0.05, 0) is 57.1 Å². The summed E-state index contributed by atoms with van der Waals surface area (Å²) >= 11 is 0. The van der Waals surface area contributed by atoms with Gasteiger partial charge < -0.3 is 19.1 Å². The molecule has 0 N–H and O–H groups in total. The molecule has 6 nitrogen and oxygen atoms in total. The Balaban J connectivity index is 1.53. The second-order valence-electron chi connectivity index (χ2n) is 9.86. The van der Waals surface area contributed by atoms with E-state index in [2.05, 4.69) is 46.2 Å². The van der Waals surface area contributed by atoms with Gasteiger partial charge >= 0.3 is 0 Å². The van der Waals surface area contributed by atoms with E-state index >= 15 is 0 Å². The molecule has 1 unspecified atom stereocenters. The fourth-order valence-corrected chi connectivity index (χ4v) is 5.09. The lowest BCUT2D eigenvalue weighted by atomic mass is 10.1. The standard InChI is InChI=1S/C30H42N2O4/c1-2-34-28-16-11-14-26-24-31(23-25-12-5-3-6-13-25)18-19-32(17-8-4-9-21-36-30(26)28)29(33)22-27-15-7-10-20-35-27/h3,5-6,11-14,16,27H,2,4,7-10,15,17-24H2,1H3. The number of rotatable bonds is 6. The van der Waals surface area contributed by atoms with E-state index in [0.29, 0.717) is 19.6 Å². The van der Waals surface area contributed by atoms with E-state index in [4.69, 9.17) is 14.2 Å². The molecule has 2 aliphatic rings. The number of ether oxygens (including phenoxy) is 3. The SMILES string of the molecule is CCOc1cccc2c1OCCCCCN(C(=O)CC1CCCCO1)CCN(Cc1ccccc1)C2. The van der Waals surface area contributed by atoms with Crippen LogP contribution in [0.4, 0.5) is 0 Å². The third-order valence-corrected chi connectivity index (χ3v) is 7.04. The fraction of sp³-hybridized carbons (Fsp3) is 0.567. The van der Waals surface area contributed by atoms with Crippen molar-refractivity contribution in [3.05, 3.63) is 59.7 Å². The molecule has 1 fully saturated rings. The first-order valence-corrected chi connectivity index (χ1v) is 13.8. The minimum absolute atomic E-state index is 0.0773. The zero-order valence-corrected chi connectivity index (χ0v) is 21.8. The monoisotopic (exact) mass is 494 g/mol. The highest BCUT2D eigenvalue weighted by atomic mass is 16.5. The van der Waals surface area contributed by atoms with Crippen LogP contribution in [0.1, 0.15) is 63.0 Å². The van der Waals surface area contributed by atoms with Gasteiger partial charge in [0.15, 0.2) is 11.5 Å². The summed E-state index contributed by atoms with van der Waals surface area (Å²) in [5, 5.41) is 0. The van der Waals surface area contributed by atoms with Crippen molar-refractivity contribution in [1.82, 2.24) is 9.80 Å².